The maximum atomic E-state index is 14.1. The molecule has 12 atom stereocenters. The first-order chi connectivity index (χ1) is 32.8. The van der Waals surface area contributed by atoms with E-state index >= 15 is 0 Å². The van der Waals surface area contributed by atoms with Gasteiger partial charge in [0.15, 0.2) is 22.4 Å². The van der Waals surface area contributed by atoms with Crippen molar-refractivity contribution in [3.63, 3.8) is 0 Å². The summed E-state index contributed by atoms with van der Waals surface area (Å²) in [6, 6.07) is 8.94. The molecule has 0 unspecified atom stereocenters. The van der Waals surface area contributed by atoms with Gasteiger partial charge in [-0.25, -0.2) is 0 Å². The van der Waals surface area contributed by atoms with E-state index < -0.39 is 60.7 Å². The fraction of sp³-hybridized carbons (Fsp3) is 0.836. The Morgan fingerprint density at radius 3 is 2.03 bits per heavy atom. The van der Waals surface area contributed by atoms with Gasteiger partial charge in [0.1, 0.15) is 12.5 Å². The Bertz CT molecular complexity index is 1790. The molecule has 3 heterocycles. The number of esters is 1. The van der Waals surface area contributed by atoms with Crippen molar-refractivity contribution < 1.29 is 61.4 Å². The van der Waals surface area contributed by atoms with Crippen LogP contribution in [0.1, 0.15) is 113 Å². The van der Waals surface area contributed by atoms with Crippen molar-refractivity contribution >= 4 is 30.7 Å². The quantitative estimate of drug-likeness (QED) is 0.0294. The van der Waals surface area contributed by atoms with Gasteiger partial charge in [-0.05, 0) is 111 Å². The number of methoxy groups -OCH3 is 2. The molecule has 410 valence electrons. The molecule has 0 spiro atoms. The Labute approximate surface area is 433 Å². The second-order valence-corrected chi connectivity index (χ2v) is 40.8. The van der Waals surface area contributed by atoms with E-state index in [1.54, 1.807) is 7.11 Å². The van der Waals surface area contributed by atoms with Gasteiger partial charge in [0.25, 0.3) is 0 Å². The first kappa shape index (κ1) is 62.0. The molecule has 1 aromatic carbocycles. The van der Waals surface area contributed by atoms with Crippen molar-refractivity contribution in [1.29, 1.82) is 0 Å². The molecule has 1 aromatic rings. The maximum Gasteiger partial charge on any atom is 0.311 e. The predicted octanol–water partition coefficient (Wildman–Crippen LogP) is 11.7. The number of carbonyl (C=O) groups excluding carboxylic acids is 1. The first-order valence-electron chi connectivity index (χ1n) is 26.6. The highest BCUT2D eigenvalue weighted by Gasteiger charge is 2.54. The molecule has 16 heteroatoms. The van der Waals surface area contributed by atoms with Gasteiger partial charge in [-0.15, -0.1) is 0 Å². The lowest BCUT2D eigenvalue weighted by Crippen LogP contribution is -2.62. The van der Waals surface area contributed by atoms with Crippen LogP contribution in [-0.4, -0.2) is 137 Å². The Hall–Kier alpha value is -1.52. The van der Waals surface area contributed by atoms with Crippen LogP contribution >= 0.6 is 0 Å². The van der Waals surface area contributed by atoms with Crippen LogP contribution in [0.2, 0.25) is 61.9 Å². The predicted molar refractivity (Wildman–Crippen MR) is 290 cm³/mol. The van der Waals surface area contributed by atoms with Crippen molar-refractivity contribution in [2.75, 3.05) is 40.8 Å². The number of aliphatic hydroxyl groups excluding tert-OH is 1. The van der Waals surface area contributed by atoms with Gasteiger partial charge in [-0.3, -0.25) is 4.79 Å². The van der Waals surface area contributed by atoms with Gasteiger partial charge < -0.3 is 56.6 Å². The highest BCUT2D eigenvalue weighted by molar-refractivity contribution is 6.76. The summed E-state index contributed by atoms with van der Waals surface area (Å²) in [6.07, 6.45) is -0.286. The van der Waals surface area contributed by atoms with Crippen molar-refractivity contribution in [3.05, 3.63) is 42.0 Å². The largest absolute Gasteiger partial charge is 0.497 e. The average molecular weight is 1050 g/mol. The van der Waals surface area contributed by atoms with E-state index in [9.17, 15) is 9.90 Å². The Morgan fingerprint density at radius 2 is 1.49 bits per heavy atom. The molecule has 71 heavy (non-hydrogen) atoms. The number of aliphatic hydroxyl groups is 1. The van der Waals surface area contributed by atoms with Gasteiger partial charge in [-0.2, -0.15) is 0 Å². The fourth-order valence-electron chi connectivity index (χ4n) is 9.40. The molecular formula is C55H100O13Si3. The third-order valence-corrected chi connectivity index (χ3v) is 26.6. The molecule has 0 bridgehead atoms. The molecule has 3 fully saturated rings. The third kappa shape index (κ3) is 18.6. The molecule has 0 aliphatic carbocycles. The summed E-state index contributed by atoms with van der Waals surface area (Å²) in [5.41, 5.74) is 2.03. The second kappa shape index (κ2) is 26.0. The van der Waals surface area contributed by atoms with Crippen molar-refractivity contribution in [2.24, 2.45) is 17.8 Å². The minimum Gasteiger partial charge on any atom is -0.497 e. The Kier molecular flexibility index (Phi) is 22.7. The molecule has 1 N–H and O–H groups in total. The summed E-state index contributed by atoms with van der Waals surface area (Å²) in [5.74, 6) is -1.74. The molecule has 0 saturated carbocycles. The summed E-state index contributed by atoms with van der Waals surface area (Å²) in [5, 5.41) is 12.4. The number of carbonyl (C=O) groups is 1. The number of ether oxygens (including phenoxy) is 9. The van der Waals surface area contributed by atoms with Crippen LogP contribution < -0.4 is 4.74 Å². The van der Waals surface area contributed by atoms with Gasteiger partial charge in [-0.1, -0.05) is 93.7 Å². The molecule has 0 amide bonds. The van der Waals surface area contributed by atoms with E-state index in [-0.39, 0.29) is 71.7 Å². The second-order valence-electron chi connectivity index (χ2n) is 25.7. The number of rotatable bonds is 27. The van der Waals surface area contributed by atoms with Gasteiger partial charge in [0.2, 0.25) is 0 Å². The SMILES string of the molecule is C=C1C[C@H](COCOCC[Si](C)(C)C)O[C@H]1CC[C@@H](C[C@@H](C)[C@@H](C(=O)OC)[C@@H](O)C[C@@H]1O[C@@H](C[C@@H]2COC(C)(C)O2)[C@@H](O[Si](C)(C)C(C)(C)C)[C@H](C)[C@H]1O[Si](C)(C)C(C)(C)C)OCc1ccc(OC)cc1. The highest BCUT2D eigenvalue weighted by atomic mass is 28.4. The Balaban J connectivity index is 1.59. The van der Waals surface area contributed by atoms with Crippen molar-refractivity contribution in [3.8, 4) is 5.75 Å². The van der Waals surface area contributed by atoms with Gasteiger partial charge >= 0.3 is 5.97 Å². The number of hydrogen-bond donors (Lipinski definition) is 1. The lowest BCUT2D eigenvalue weighted by molar-refractivity contribution is -0.208. The fourth-order valence-corrected chi connectivity index (χ4v) is 13.0. The zero-order valence-corrected chi connectivity index (χ0v) is 50.8. The molecule has 3 aliphatic heterocycles. The van der Waals surface area contributed by atoms with E-state index in [1.807, 2.05) is 45.0 Å². The van der Waals surface area contributed by atoms with Crippen LogP contribution in [0.15, 0.2) is 36.4 Å². The summed E-state index contributed by atoms with van der Waals surface area (Å²) < 4.78 is 70.2. The summed E-state index contributed by atoms with van der Waals surface area (Å²) in [6.45, 7) is 44.2. The molecule has 3 aliphatic rings. The zero-order valence-electron chi connectivity index (χ0n) is 47.8. The highest BCUT2D eigenvalue weighted by Crippen LogP contribution is 2.46. The first-order valence-corrected chi connectivity index (χ1v) is 36.1. The van der Waals surface area contributed by atoms with Crippen molar-refractivity contribution in [1.82, 2.24) is 0 Å². The summed E-state index contributed by atoms with van der Waals surface area (Å²) in [4.78, 5) is 14.1. The molecular weight excluding hydrogens is 953 g/mol. The summed E-state index contributed by atoms with van der Waals surface area (Å²) >= 11 is 0. The molecule has 4 rings (SSSR count). The smallest absolute Gasteiger partial charge is 0.311 e. The number of hydrogen-bond acceptors (Lipinski definition) is 13. The lowest BCUT2D eigenvalue weighted by atomic mass is 9.79. The normalized spacial score (nSPS) is 27.4. The van der Waals surface area contributed by atoms with E-state index in [4.69, 9.17) is 51.5 Å². The maximum absolute atomic E-state index is 14.1. The van der Waals surface area contributed by atoms with E-state index in [0.29, 0.717) is 52.1 Å². The standard InChI is InChI=1S/C55H100O13Si3/c1-37-29-43(34-61-36-60-27-28-69(14,15)16)64-46(37)26-25-42(62-33-40-21-23-41(58-12)24-22-40)30-38(2)49(52(57)59-13)45(56)32-48-51(68-71(19,20)54(7,8)9)39(3)50(67-70(17,18)53(4,5)6)47(65-48)31-44-35-63-55(10,11)66-44/h21-24,38-39,42-51,56H,1,25-36H2,2-20H3/t38-,39+,42+,43-,44-,45+,46+,47+,48+,49-,50+,51-/m1/s1. The van der Waals surface area contributed by atoms with Crippen LogP contribution in [0.5, 0.6) is 5.75 Å². The summed E-state index contributed by atoms with van der Waals surface area (Å²) in [7, 11) is -2.87. The average Bonchev–Trinajstić information content (AvgIpc) is 3.80. The van der Waals surface area contributed by atoms with Crippen LogP contribution in [0.25, 0.3) is 0 Å². The molecule has 0 aromatic heterocycles. The van der Waals surface area contributed by atoms with E-state index in [1.165, 1.54) is 7.11 Å². The van der Waals surface area contributed by atoms with Crippen LogP contribution in [0, 0.1) is 17.8 Å². The zero-order chi connectivity index (χ0) is 53.3. The van der Waals surface area contributed by atoms with Crippen LogP contribution in [0.4, 0.5) is 0 Å². The van der Waals surface area contributed by atoms with Gasteiger partial charge in [0, 0.05) is 33.4 Å². The topological polar surface area (TPSA) is 139 Å². The minimum atomic E-state index is -2.41. The van der Waals surface area contributed by atoms with E-state index in [0.717, 1.165) is 29.4 Å². The van der Waals surface area contributed by atoms with Crippen LogP contribution in [0.3, 0.4) is 0 Å². The molecule has 0 radical (unpaired) electrons. The monoisotopic (exact) mass is 1050 g/mol. The van der Waals surface area contributed by atoms with Crippen LogP contribution in [-0.2, 0) is 58.1 Å². The Morgan fingerprint density at radius 1 is 0.887 bits per heavy atom. The lowest BCUT2D eigenvalue weighted by Gasteiger charge is -2.53. The van der Waals surface area contributed by atoms with E-state index in [2.05, 4.69) is 101 Å². The molecule has 13 nitrogen and oxygen atoms in total. The van der Waals surface area contributed by atoms with Gasteiger partial charge in [0.05, 0.1) is 94.9 Å². The van der Waals surface area contributed by atoms with Crippen molar-refractivity contribution in [2.45, 2.75) is 237 Å². The molecule has 3 saturated heterocycles. The third-order valence-electron chi connectivity index (χ3n) is 15.9. The minimum absolute atomic E-state index is 0.0488. The number of benzene rings is 1.